The summed E-state index contributed by atoms with van der Waals surface area (Å²) in [5.41, 5.74) is 0.926. The van der Waals surface area contributed by atoms with Gasteiger partial charge in [0.2, 0.25) is 0 Å². The molecule has 0 saturated carbocycles. The summed E-state index contributed by atoms with van der Waals surface area (Å²) in [4.78, 5) is 28.7. The number of thioether (sulfide) groups is 1. The van der Waals surface area contributed by atoms with E-state index in [0.717, 1.165) is 74.1 Å². The number of aliphatic imine (C=N–C) groups is 1. The second kappa shape index (κ2) is 17.9. The fourth-order valence-electron chi connectivity index (χ4n) is 4.06. The number of aliphatic carboxylic acids is 2. The van der Waals surface area contributed by atoms with Gasteiger partial charge in [-0.15, -0.1) is 0 Å². The number of carbonyl (C=O) groups is 2. The van der Waals surface area contributed by atoms with Gasteiger partial charge in [0.25, 0.3) is 0 Å². The summed E-state index contributed by atoms with van der Waals surface area (Å²) in [6.07, 6.45) is 7.28. The lowest BCUT2D eigenvalue weighted by Crippen LogP contribution is -2.45. The van der Waals surface area contributed by atoms with Crippen LogP contribution in [0, 0.1) is 11.6 Å². The first kappa shape index (κ1) is 33.6. The lowest BCUT2D eigenvalue weighted by molar-refractivity contribution is -0.134. The van der Waals surface area contributed by atoms with Gasteiger partial charge < -0.3 is 29.5 Å². The van der Waals surface area contributed by atoms with Gasteiger partial charge in [-0.25, -0.2) is 23.4 Å². The minimum absolute atomic E-state index is 0.374. The number of rotatable bonds is 11. The molecule has 12 heteroatoms. The van der Waals surface area contributed by atoms with Crippen LogP contribution in [0.4, 0.5) is 14.5 Å². The first-order valence-electron chi connectivity index (χ1n) is 13.1. The monoisotopic (exact) mass is 593 g/mol. The molecule has 3 rings (SSSR count). The van der Waals surface area contributed by atoms with Crippen LogP contribution in [0.15, 0.2) is 59.6 Å². The van der Waals surface area contributed by atoms with Crippen molar-refractivity contribution in [2.45, 2.75) is 31.7 Å². The van der Waals surface area contributed by atoms with E-state index in [1.807, 2.05) is 24.3 Å². The van der Waals surface area contributed by atoms with Crippen molar-refractivity contribution in [1.82, 2.24) is 9.80 Å². The molecule has 1 saturated heterocycles. The molecule has 9 nitrogen and oxygen atoms in total. The normalized spacial score (nSPS) is 14.3. The Kier molecular flexibility index (Phi) is 14.7. The van der Waals surface area contributed by atoms with Gasteiger partial charge in [0.15, 0.2) is 16.8 Å². The van der Waals surface area contributed by atoms with E-state index in [1.165, 1.54) is 6.07 Å². The van der Waals surface area contributed by atoms with Crippen molar-refractivity contribution in [2.24, 2.45) is 4.99 Å². The number of benzene rings is 2. The van der Waals surface area contributed by atoms with Crippen LogP contribution in [0.1, 0.15) is 25.7 Å². The molecule has 2 N–H and O–H groups in total. The third-order valence-electron chi connectivity index (χ3n) is 6.28. The van der Waals surface area contributed by atoms with Crippen LogP contribution < -0.4 is 9.47 Å². The molecule has 0 bridgehead atoms. The predicted molar refractivity (Wildman–Crippen MR) is 156 cm³/mol. The van der Waals surface area contributed by atoms with Crippen LogP contribution >= 0.6 is 11.8 Å². The van der Waals surface area contributed by atoms with Crippen molar-refractivity contribution < 1.29 is 38.1 Å². The molecule has 0 amide bonds. The highest BCUT2D eigenvalue weighted by Crippen LogP contribution is 2.23. The van der Waals surface area contributed by atoms with Crippen molar-refractivity contribution in [3.8, 4) is 11.5 Å². The summed E-state index contributed by atoms with van der Waals surface area (Å²) >= 11 is 1.67. The van der Waals surface area contributed by atoms with Crippen molar-refractivity contribution in [3.63, 3.8) is 0 Å². The summed E-state index contributed by atoms with van der Waals surface area (Å²) in [6, 6.07) is 11.9. The lowest BCUT2D eigenvalue weighted by atomic mass is 10.0. The average molecular weight is 594 g/mol. The van der Waals surface area contributed by atoms with Gasteiger partial charge in [0.1, 0.15) is 11.5 Å². The lowest BCUT2D eigenvalue weighted by Gasteiger charge is -2.37. The van der Waals surface area contributed by atoms with Gasteiger partial charge in [-0.2, -0.15) is 0 Å². The van der Waals surface area contributed by atoms with Crippen LogP contribution in [0.2, 0.25) is 0 Å². The molecule has 0 spiro atoms. The molecule has 1 fully saturated rings. The van der Waals surface area contributed by atoms with Crippen LogP contribution in [-0.4, -0.2) is 89.8 Å². The zero-order chi connectivity index (χ0) is 30.2. The quantitative estimate of drug-likeness (QED) is 0.155. The summed E-state index contributed by atoms with van der Waals surface area (Å²) in [5.74, 6) is -3.04. The number of amidine groups is 1. The first-order chi connectivity index (χ1) is 19.6. The van der Waals surface area contributed by atoms with E-state index >= 15 is 0 Å². The Hall–Kier alpha value is -3.64. The Morgan fingerprint density at radius 3 is 2.17 bits per heavy atom. The molecule has 1 aliphatic rings. The third kappa shape index (κ3) is 12.6. The summed E-state index contributed by atoms with van der Waals surface area (Å²) < 4.78 is 36.9. The zero-order valence-corrected chi connectivity index (χ0v) is 24.3. The van der Waals surface area contributed by atoms with E-state index in [1.54, 1.807) is 18.9 Å². The topological polar surface area (TPSA) is 112 Å². The molecule has 0 aliphatic carbocycles. The van der Waals surface area contributed by atoms with E-state index in [-0.39, 0.29) is 0 Å². The van der Waals surface area contributed by atoms with Crippen molar-refractivity contribution >= 4 is 34.6 Å². The fourth-order valence-corrected chi connectivity index (χ4v) is 4.69. The fraction of sp³-hybridized carbons (Fsp3) is 0.414. The molecule has 0 aromatic heterocycles. The molecule has 1 aliphatic heterocycles. The van der Waals surface area contributed by atoms with Gasteiger partial charge in [-0.3, -0.25) is 0 Å². The Bertz CT molecular complexity index is 1160. The number of carboxylic acid groups (broad SMARTS) is 2. The largest absolute Gasteiger partial charge is 0.497 e. The number of ether oxygens (including phenoxy) is 2. The number of nitrogens with zero attached hydrogens (tertiary/aromatic N) is 3. The van der Waals surface area contributed by atoms with E-state index < -0.39 is 23.6 Å². The number of carboxylic acids is 2. The summed E-state index contributed by atoms with van der Waals surface area (Å²) in [6.45, 7) is 3.64. The Morgan fingerprint density at radius 1 is 1.02 bits per heavy atom. The minimum Gasteiger partial charge on any atom is -0.497 e. The van der Waals surface area contributed by atoms with Gasteiger partial charge in [-0.1, -0.05) is 11.8 Å². The first-order valence-corrected chi connectivity index (χ1v) is 14.3. The van der Waals surface area contributed by atoms with Crippen LogP contribution in [0.3, 0.4) is 0 Å². The molecule has 224 valence electrons. The number of unbranched alkanes of at least 4 members (excludes halogenated alkanes) is 1. The second-order valence-corrected chi connectivity index (χ2v) is 9.89. The molecule has 2 aromatic rings. The van der Waals surface area contributed by atoms with E-state index in [4.69, 9.17) is 24.7 Å². The van der Waals surface area contributed by atoms with Gasteiger partial charge in [-0.05, 0) is 74.9 Å². The van der Waals surface area contributed by atoms with Crippen LogP contribution in [0.25, 0.3) is 0 Å². The number of halogens is 2. The van der Waals surface area contributed by atoms with Crippen LogP contribution in [0.5, 0.6) is 11.5 Å². The highest BCUT2D eigenvalue weighted by Gasteiger charge is 2.24. The SMILES string of the molecule is COc1ccc(/N=C(\SC)N(C)C2CCN(CCCCOc3ccc(F)c(F)c3)CC2)cc1.O=C(O)/C=C/C(=O)O. The zero-order valence-electron chi connectivity index (χ0n) is 23.5. The highest BCUT2D eigenvalue weighted by molar-refractivity contribution is 8.13. The summed E-state index contributed by atoms with van der Waals surface area (Å²) in [7, 11) is 3.80. The second-order valence-electron chi connectivity index (χ2n) is 9.12. The summed E-state index contributed by atoms with van der Waals surface area (Å²) in [5, 5.41) is 16.6. The number of likely N-dealkylation sites (tertiary alicyclic amines) is 1. The van der Waals surface area contributed by atoms with E-state index in [9.17, 15) is 18.4 Å². The molecule has 0 unspecified atom stereocenters. The molecular weight excluding hydrogens is 556 g/mol. The highest BCUT2D eigenvalue weighted by atomic mass is 32.2. The van der Waals surface area contributed by atoms with Crippen molar-refractivity contribution in [2.75, 3.05) is 46.7 Å². The van der Waals surface area contributed by atoms with Crippen molar-refractivity contribution in [1.29, 1.82) is 0 Å². The smallest absolute Gasteiger partial charge is 0.328 e. The van der Waals surface area contributed by atoms with E-state index in [0.29, 0.717) is 30.6 Å². The third-order valence-corrected chi connectivity index (χ3v) is 7.03. The maximum atomic E-state index is 13.2. The Labute approximate surface area is 243 Å². The van der Waals surface area contributed by atoms with Gasteiger partial charge in [0, 0.05) is 44.4 Å². The Morgan fingerprint density at radius 2 is 1.63 bits per heavy atom. The molecular formula is C29H37F2N3O6S. The number of methoxy groups -OCH3 is 1. The minimum atomic E-state index is -1.26. The maximum Gasteiger partial charge on any atom is 0.328 e. The molecule has 2 aromatic carbocycles. The maximum absolute atomic E-state index is 13.2. The molecule has 1 heterocycles. The Balaban J connectivity index is 0.000000642. The molecule has 0 atom stereocenters. The molecule has 41 heavy (non-hydrogen) atoms. The number of piperidine rings is 1. The number of hydrogen-bond acceptors (Lipinski definition) is 7. The average Bonchev–Trinajstić information content (AvgIpc) is 2.97. The predicted octanol–water partition coefficient (Wildman–Crippen LogP) is 5.29. The van der Waals surface area contributed by atoms with E-state index in [2.05, 4.69) is 23.1 Å². The molecule has 0 radical (unpaired) electrons. The van der Waals surface area contributed by atoms with Crippen molar-refractivity contribution in [3.05, 3.63) is 66.3 Å². The van der Waals surface area contributed by atoms with Gasteiger partial charge >= 0.3 is 11.9 Å². The standard InChI is InChI=1S/C25H33F2N3O2S.C4H4O4/c1-29(25(33-3)28-19-6-8-21(31-2)9-7-19)20-12-15-30(16-13-20)14-4-5-17-32-22-10-11-23(26)24(27)18-22;5-3(6)1-2-4(7)8/h6-11,18,20H,4-5,12-17H2,1-3H3;1-2H,(H,5,6)(H,7,8)/b28-25-;2-1+. The number of hydrogen-bond donors (Lipinski definition) is 2. The van der Waals surface area contributed by atoms with Gasteiger partial charge in [0.05, 0.1) is 19.4 Å². The van der Waals surface area contributed by atoms with Crippen LogP contribution in [-0.2, 0) is 9.59 Å².